The number of nitrogens with one attached hydrogen (secondary N) is 2. The molecule has 0 bridgehead atoms. The van der Waals surface area contributed by atoms with Gasteiger partial charge in [0, 0.05) is 35.5 Å². The number of aromatic nitrogens is 2. The number of carbonyl (C=O) groups is 1. The van der Waals surface area contributed by atoms with E-state index in [4.69, 9.17) is 15.2 Å². The summed E-state index contributed by atoms with van der Waals surface area (Å²) in [7, 11) is 1.17. The van der Waals surface area contributed by atoms with E-state index in [0.717, 1.165) is 10.5 Å². The molecule has 0 radical (unpaired) electrons. The zero-order valence-corrected chi connectivity index (χ0v) is 18.0. The van der Waals surface area contributed by atoms with E-state index in [9.17, 15) is 4.79 Å². The standard InChI is InChI=1S/C22H22F2N6O3/c1-11-14(7-29-20-19(11)27-3-4-33-20)13-5-12-6-16(28-8-15(12)18(25)17(13)23)30(21(31)32-2)22(24)9-26-10-22/h5-8,26-27H,3-4,9-10,25H2,1-2H3. The number of amides is 1. The Kier molecular flexibility index (Phi) is 4.93. The molecule has 5 rings (SSSR count). The van der Waals surface area contributed by atoms with Crippen molar-refractivity contribution >= 4 is 34.1 Å². The molecule has 0 atom stereocenters. The van der Waals surface area contributed by atoms with Gasteiger partial charge >= 0.3 is 6.09 Å². The molecular formula is C22H22F2N6O3. The number of nitrogen functional groups attached to an aromatic ring is 1. The van der Waals surface area contributed by atoms with Gasteiger partial charge in [0.05, 0.1) is 25.9 Å². The Bertz CT molecular complexity index is 1280. The number of alkyl halides is 1. The van der Waals surface area contributed by atoms with Gasteiger partial charge in [-0.2, -0.15) is 0 Å². The van der Waals surface area contributed by atoms with Gasteiger partial charge in [-0.3, -0.25) is 0 Å². The SMILES string of the molecule is COC(=O)N(c1cc2cc(-c3cnc4c(c3C)NCCO4)c(F)c(N)c2cn1)C1(F)CNC1. The van der Waals surface area contributed by atoms with Gasteiger partial charge < -0.3 is 25.8 Å². The van der Waals surface area contributed by atoms with E-state index in [-0.39, 0.29) is 30.2 Å². The maximum atomic E-state index is 15.3. The number of nitrogens with zero attached hydrogens (tertiary/aromatic N) is 3. The zero-order chi connectivity index (χ0) is 23.3. The van der Waals surface area contributed by atoms with Crippen molar-refractivity contribution in [3.05, 3.63) is 35.9 Å². The van der Waals surface area contributed by atoms with Gasteiger partial charge in [-0.25, -0.2) is 28.4 Å². The summed E-state index contributed by atoms with van der Waals surface area (Å²) in [6, 6.07) is 3.08. The molecule has 1 fully saturated rings. The summed E-state index contributed by atoms with van der Waals surface area (Å²) in [5.41, 5.74) is 8.22. The predicted octanol–water partition coefficient (Wildman–Crippen LogP) is 2.97. The van der Waals surface area contributed by atoms with Crippen molar-refractivity contribution in [3.8, 4) is 17.0 Å². The lowest BCUT2D eigenvalue weighted by molar-refractivity contribution is 0.0763. The molecule has 0 unspecified atom stereocenters. The van der Waals surface area contributed by atoms with Crippen molar-refractivity contribution in [2.75, 3.05) is 49.3 Å². The average molecular weight is 456 g/mol. The molecule has 1 saturated heterocycles. The number of pyridine rings is 2. The molecule has 1 amide bonds. The van der Waals surface area contributed by atoms with Gasteiger partial charge in [-0.15, -0.1) is 0 Å². The second kappa shape index (κ2) is 7.69. The summed E-state index contributed by atoms with van der Waals surface area (Å²) in [6.07, 6.45) is 1.97. The quantitative estimate of drug-likeness (QED) is 0.407. The Morgan fingerprint density at radius 1 is 1.27 bits per heavy atom. The molecule has 0 saturated carbocycles. The highest BCUT2D eigenvalue weighted by molar-refractivity contribution is 6.00. The molecule has 2 aromatic heterocycles. The van der Waals surface area contributed by atoms with Crippen LogP contribution >= 0.6 is 0 Å². The van der Waals surface area contributed by atoms with Crippen molar-refractivity contribution in [1.29, 1.82) is 0 Å². The molecule has 172 valence electrons. The summed E-state index contributed by atoms with van der Waals surface area (Å²) < 4.78 is 40.9. The molecule has 9 nitrogen and oxygen atoms in total. The summed E-state index contributed by atoms with van der Waals surface area (Å²) in [5.74, 6) is -2.11. The average Bonchev–Trinajstić information content (AvgIpc) is 2.81. The van der Waals surface area contributed by atoms with Crippen molar-refractivity contribution in [2.45, 2.75) is 12.7 Å². The maximum Gasteiger partial charge on any atom is 0.417 e. The number of carbonyl (C=O) groups excluding carboxylic acids is 1. The highest BCUT2D eigenvalue weighted by atomic mass is 19.1. The number of fused-ring (bicyclic) bond motifs is 2. The summed E-state index contributed by atoms with van der Waals surface area (Å²) >= 11 is 0. The number of nitrogens with two attached hydrogens (primary N) is 1. The van der Waals surface area contributed by atoms with E-state index < -0.39 is 17.7 Å². The van der Waals surface area contributed by atoms with Crippen LogP contribution in [0.25, 0.3) is 21.9 Å². The van der Waals surface area contributed by atoms with Gasteiger partial charge in [0.1, 0.15) is 18.1 Å². The van der Waals surface area contributed by atoms with Crippen LogP contribution < -0.4 is 26.0 Å². The van der Waals surface area contributed by atoms with Crippen LogP contribution in [0.5, 0.6) is 5.88 Å². The van der Waals surface area contributed by atoms with E-state index >= 15 is 8.78 Å². The minimum atomic E-state index is -1.98. The molecule has 2 aliphatic rings. The number of methoxy groups -OCH3 is 1. The highest BCUT2D eigenvalue weighted by Gasteiger charge is 2.48. The molecule has 4 heterocycles. The van der Waals surface area contributed by atoms with Gasteiger partial charge in [-0.1, -0.05) is 0 Å². The van der Waals surface area contributed by atoms with Crippen molar-refractivity contribution in [2.24, 2.45) is 0 Å². The first-order valence-corrected chi connectivity index (χ1v) is 10.4. The molecule has 11 heteroatoms. The van der Waals surface area contributed by atoms with Crippen LogP contribution in [0.1, 0.15) is 5.56 Å². The lowest BCUT2D eigenvalue weighted by Gasteiger charge is -2.42. The number of ether oxygens (including phenoxy) is 2. The van der Waals surface area contributed by atoms with E-state index in [2.05, 4.69) is 20.6 Å². The molecule has 33 heavy (non-hydrogen) atoms. The third kappa shape index (κ3) is 3.27. The molecule has 3 aromatic rings. The van der Waals surface area contributed by atoms with Crippen molar-refractivity contribution in [1.82, 2.24) is 15.3 Å². The van der Waals surface area contributed by atoms with E-state index in [1.165, 1.54) is 25.6 Å². The van der Waals surface area contributed by atoms with Crippen LogP contribution in [0, 0.1) is 12.7 Å². The Morgan fingerprint density at radius 2 is 2.06 bits per heavy atom. The van der Waals surface area contributed by atoms with Crippen molar-refractivity contribution < 1.29 is 23.0 Å². The highest BCUT2D eigenvalue weighted by Crippen LogP contribution is 2.40. The van der Waals surface area contributed by atoms with Crippen molar-refractivity contribution in [3.63, 3.8) is 0 Å². The van der Waals surface area contributed by atoms with Crippen LogP contribution in [-0.4, -0.2) is 55.2 Å². The summed E-state index contributed by atoms with van der Waals surface area (Å²) in [6.45, 7) is 2.82. The third-order valence-electron chi connectivity index (χ3n) is 6.00. The fourth-order valence-electron chi connectivity index (χ4n) is 4.14. The fourth-order valence-corrected chi connectivity index (χ4v) is 4.14. The molecule has 1 aromatic carbocycles. The zero-order valence-electron chi connectivity index (χ0n) is 18.0. The monoisotopic (exact) mass is 456 g/mol. The molecule has 0 aliphatic carbocycles. The topological polar surface area (TPSA) is 115 Å². The minimum absolute atomic E-state index is 0.0330. The number of halogens is 2. The maximum absolute atomic E-state index is 15.3. The number of hydrogen-bond donors (Lipinski definition) is 3. The number of rotatable bonds is 3. The smallest absolute Gasteiger partial charge is 0.417 e. The Hall–Kier alpha value is -3.73. The van der Waals surface area contributed by atoms with E-state index in [1.54, 1.807) is 6.07 Å². The molecule has 2 aliphatic heterocycles. The number of hydrogen-bond acceptors (Lipinski definition) is 8. The summed E-state index contributed by atoms with van der Waals surface area (Å²) in [4.78, 5) is 21.7. The Morgan fingerprint density at radius 3 is 2.76 bits per heavy atom. The normalized spacial score (nSPS) is 16.2. The first-order chi connectivity index (χ1) is 15.8. The summed E-state index contributed by atoms with van der Waals surface area (Å²) in [5, 5.41) is 6.86. The van der Waals surface area contributed by atoms with Gasteiger partial charge in [0.15, 0.2) is 5.82 Å². The Balaban J connectivity index is 1.66. The van der Waals surface area contributed by atoms with E-state index in [0.29, 0.717) is 41.1 Å². The number of benzene rings is 1. The first-order valence-electron chi connectivity index (χ1n) is 10.4. The lowest BCUT2D eigenvalue weighted by Crippen LogP contribution is -2.68. The Labute approximate surface area is 187 Å². The first kappa shape index (κ1) is 21.1. The second-order valence-electron chi connectivity index (χ2n) is 7.99. The van der Waals surface area contributed by atoms with Crippen LogP contribution in [-0.2, 0) is 4.74 Å². The number of anilines is 3. The van der Waals surface area contributed by atoms with Crippen LogP contribution in [0.15, 0.2) is 24.5 Å². The third-order valence-corrected chi connectivity index (χ3v) is 6.00. The van der Waals surface area contributed by atoms with Gasteiger partial charge in [0.25, 0.3) is 0 Å². The second-order valence-corrected chi connectivity index (χ2v) is 7.99. The van der Waals surface area contributed by atoms with Gasteiger partial charge in [0.2, 0.25) is 11.7 Å². The van der Waals surface area contributed by atoms with Crippen LogP contribution in [0.2, 0.25) is 0 Å². The molecular weight excluding hydrogens is 434 g/mol. The molecule has 4 N–H and O–H groups in total. The minimum Gasteiger partial charge on any atom is -0.474 e. The fraction of sp³-hybridized carbons (Fsp3) is 0.318. The van der Waals surface area contributed by atoms with Crippen LogP contribution in [0.3, 0.4) is 0 Å². The van der Waals surface area contributed by atoms with Gasteiger partial charge in [-0.05, 0) is 30.0 Å². The van der Waals surface area contributed by atoms with Crippen LogP contribution in [0.4, 0.5) is 30.8 Å². The lowest BCUT2D eigenvalue weighted by atomic mass is 9.97. The predicted molar refractivity (Wildman–Crippen MR) is 120 cm³/mol. The van der Waals surface area contributed by atoms with E-state index in [1.807, 2.05) is 6.92 Å². The largest absolute Gasteiger partial charge is 0.474 e. The molecule has 0 spiro atoms.